The summed E-state index contributed by atoms with van der Waals surface area (Å²) in [7, 11) is 0. The maximum absolute atomic E-state index is 15.0. The third kappa shape index (κ3) is 5.35. The van der Waals surface area contributed by atoms with E-state index < -0.39 is 40.8 Å². The monoisotopic (exact) mass is 556 g/mol. The number of benzene rings is 1. The van der Waals surface area contributed by atoms with Crippen molar-refractivity contribution in [3.8, 4) is 17.3 Å². The lowest BCUT2D eigenvalue weighted by molar-refractivity contribution is -0.143. The van der Waals surface area contributed by atoms with Crippen LogP contribution in [0.3, 0.4) is 0 Å². The van der Waals surface area contributed by atoms with E-state index >= 15 is 4.39 Å². The summed E-state index contributed by atoms with van der Waals surface area (Å²) >= 11 is 0. The first-order chi connectivity index (χ1) is 19.1. The quantitative estimate of drug-likeness (QED) is 0.261. The van der Waals surface area contributed by atoms with Crippen molar-refractivity contribution < 1.29 is 31.5 Å². The molecule has 1 aromatic carbocycles. The van der Waals surface area contributed by atoms with Crippen LogP contribution in [0.15, 0.2) is 61.1 Å². The Kier molecular flexibility index (Phi) is 7.20. The number of alkyl halides is 3. The summed E-state index contributed by atoms with van der Waals surface area (Å²) in [6.45, 7) is 0. The minimum atomic E-state index is -5.09. The molecule has 0 saturated carbocycles. The topological polar surface area (TPSA) is 108 Å². The molecule has 0 atom stereocenters. The second kappa shape index (κ2) is 10.8. The van der Waals surface area contributed by atoms with Gasteiger partial charge in [-0.05, 0) is 61.6 Å². The number of nitrogens with zero attached hydrogens (tertiary/aromatic N) is 4. The molecule has 4 aromatic rings. The van der Waals surface area contributed by atoms with Gasteiger partial charge in [-0.3, -0.25) is 4.79 Å². The summed E-state index contributed by atoms with van der Waals surface area (Å²) in [5.74, 6) is -3.60. The molecule has 0 bridgehead atoms. The van der Waals surface area contributed by atoms with Crippen LogP contribution in [0.2, 0.25) is 0 Å². The summed E-state index contributed by atoms with van der Waals surface area (Å²) in [6.07, 6.45) is 3.75. The number of hydrogen-bond donors (Lipinski definition) is 2. The lowest BCUT2D eigenvalue weighted by Crippen LogP contribution is -2.21. The molecule has 0 saturated heterocycles. The Balaban J connectivity index is 1.40. The largest absolute Gasteiger partial charge is 0.453 e. The number of nitrogens with two attached hydrogens (primary N) is 1. The molecule has 1 aliphatic carbocycles. The van der Waals surface area contributed by atoms with Gasteiger partial charge < -0.3 is 15.8 Å². The number of pyridine rings is 2. The normalized spacial score (nSPS) is 13.6. The molecular formula is C27H21F5N6O2. The summed E-state index contributed by atoms with van der Waals surface area (Å²) in [5.41, 5.74) is 5.01. The highest BCUT2D eigenvalue weighted by Crippen LogP contribution is 2.39. The number of allylic oxidation sites excluding steroid dienone is 2. The molecule has 40 heavy (non-hydrogen) atoms. The molecule has 1 aliphatic rings. The van der Waals surface area contributed by atoms with Crippen LogP contribution in [0.4, 0.5) is 33.5 Å². The second-order valence-corrected chi connectivity index (χ2v) is 8.87. The fraction of sp³-hybridized carbons (Fsp3) is 0.185. The number of amides is 1. The molecule has 1 amide bonds. The second-order valence-electron chi connectivity index (χ2n) is 8.87. The standard InChI is InChI=1S/C27H21F5N6O2/c28-18-7-4-11-35-25(18)38-23(27(30,31)32)17(14-36-38)26(39)37-16-8-9-20(19(29)13-16)40-21-10-12-34-24(33)22(21)15-5-2-1-3-6-15/h4-5,7-14H,1-3,6H2,(H2,33,34)(H,37,39). The first-order valence-corrected chi connectivity index (χ1v) is 12.1. The van der Waals surface area contributed by atoms with Crippen LogP contribution in [0.25, 0.3) is 11.4 Å². The highest BCUT2D eigenvalue weighted by molar-refractivity contribution is 6.05. The molecule has 0 spiro atoms. The number of nitrogen functional groups attached to an aromatic ring is 1. The molecule has 206 valence electrons. The summed E-state index contributed by atoms with van der Waals surface area (Å²) < 4.78 is 76.8. The lowest BCUT2D eigenvalue weighted by atomic mass is 9.93. The van der Waals surface area contributed by atoms with Crippen LogP contribution in [0, 0.1) is 11.6 Å². The predicted octanol–water partition coefficient (Wildman–Crippen LogP) is 6.54. The number of carbonyl (C=O) groups excluding carboxylic acids is 1. The Hall–Kier alpha value is -4.81. The van der Waals surface area contributed by atoms with E-state index in [0.717, 1.165) is 49.6 Å². The third-order valence-corrected chi connectivity index (χ3v) is 6.19. The molecular weight excluding hydrogens is 535 g/mol. The van der Waals surface area contributed by atoms with Crippen molar-refractivity contribution in [1.29, 1.82) is 0 Å². The zero-order chi connectivity index (χ0) is 28.4. The maximum Gasteiger partial charge on any atom is 0.434 e. The number of aromatic nitrogens is 4. The SMILES string of the molecule is Nc1nccc(Oc2ccc(NC(=O)c3cnn(-c4ncccc4F)c3C(F)(F)F)cc2F)c1C1=CCCCC1. The first kappa shape index (κ1) is 26.8. The Morgan fingerprint density at radius 3 is 2.55 bits per heavy atom. The minimum absolute atomic E-state index is 0.149. The average Bonchev–Trinajstić information content (AvgIpc) is 3.37. The fourth-order valence-corrected chi connectivity index (χ4v) is 4.39. The number of ether oxygens (including phenoxy) is 1. The average molecular weight is 556 g/mol. The van der Waals surface area contributed by atoms with Gasteiger partial charge in [0.05, 0.1) is 17.3 Å². The molecule has 3 heterocycles. The van der Waals surface area contributed by atoms with E-state index in [4.69, 9.17) is 10.5 Å². The Labute approximate surface area is 224 Å². The van der Waals surface area contributed by atoms with Crippen molar-refractivity contribution in [3.05, 3.63) is 89.5 Å². The van der Waals surface area contributed by atoms with Crippen molar-refractivity contribution >= 4 is 23.0 Å². The van der Waals surface area contributed by atoms with E-state index in [2.05, 4.69) is 20.4 Å². The van der Waals surface area contributed by atoms with Crippen LogP contribution in [-0.2, 0) is 6.18 Å². The van der Waals surface area contributed by atoms with Crippen LogP contribution >= 0.6 is 0 Å². The van der Waals surface area contributed by atoms with Crippen LogP contribution in [-0.4, -0.2) is 25.7 Å². The van der Waals surface area contributed by atoms with Gasteiger partial charge in [0.2, 0.25) is 0 Å². The molecule has 0 unspecified atom stereocenters. The summed E-state index contributed by atoms with van der Waals surface area (Å²) in [4.78, 5) is 20.5. The Bertz CT molecular complexity index is 1620. The number of nitrogens with one attached hydrogen (secondary N) is 1. The summed E-state index contributed by atoms with van der Waals surface area (Å²) in [5, 5.41) is 5.74. The van der Waals surface area contributed by atoms with Gasteiger partial charge in [-0.25, -0.2) is 23.4 Å². The smallest absolute Gasteiger partial charge is 0.434 e. The van der Waals surface area contributed by atoms with Crippen LogP contribution in [0.5, 0.6) is 11.5 Å². The third-order valence-electron chi connectivity index (χ3n) is 6.19. The molecule has 0 aliphatic heterocycles. The van der Waals surface area contributed by atoms with Crippen molar-refractivity contribution in [2.45, 2.75) is 31.9 Å². The van der Waals surface area contributed by atoms with Gasteiger partial charge in [-0.2, -0.15) is 18.3 Å². The lowest BCUT2D eigenvalue weighted by Gasteiger charge is -2.18. The number of rotatable bonds is 6. The number of carbonyl (C=O) groups is 1. The molecule has 8 nitrogen and oxygen atoms in total. The maximum atomic E-state index is 15.0. The van der Waals surface area contributed by atoms with Gasteiger partial charge in [-0.1, -0.05) is 6.08 Å². The molecule has 0 fully saturated rings. The molecule has 5 rings (SSSR count). The minimum Gasteiger partial charge on any atom is -0.453 e. The van der Waals surface area contributed by atoms with E-state index in [-0.39, 0.29) is 21.9 Å². The van der Waals surface area contributed by atoms with Gasteiger partial charge in [0.25, 0.3) is 5.91 Å². The van der Waals surface area contributed by atoms with E-state index in [1.807, 2.05) is 6.08 Å². The number of anilines is 2. The highest BCUT2D eigenvalue weighted by atomic mass is 19.4. The highest BCUT2D eigenvalue weighted by Gasteiger charge is 2.41. The van der Waals surface area contributed by atoms with Crippen molar-refractivity contribution in [2.75, 3.05) is 11.1 Å². The van der Waals surface area contributed by atoms with E-state index in [9.17, 15) is 22.4 Å². The number of halogens is 5. The van der Waals surface area contributed by atoms with Gasteiger partial charge in [0, 0.05) is 24.1 Å². The molecule has 3 N–H and O–H groups in total. The zero-order valence-corrected chi connectivity index (χ0v) is 20.7. The van der Waals surface area contributed by atoms with E-state index in [1.165, 1.54) is 24.4 Å². The molecule has 13 heteroatoms. The molecule has 0 radical (unpaired) electrons. The number of hydrogen-bond acceptors (Lipinski definition) is 6. The van der Waals surface area contributed by atoms with Gasteiger partial charge in [-0.15, -0.1) is 0 Å². The molecule has 3 aromatic heterocycles. The van der Waals surface area contributed by atoms with E-state index in [0.29, 0.717) is 17.5 Å². The van der Waals surface area contributed by atoms with Crippen molar-refractivity contribution in [2.24, 2.45) is 0 Å². The van der Waals surface area contributed by atoms with Crippen LogP contribution < -0.4 is 15.8 Å². The van der Waals surface area contributed by atoms with Gasteiger partial charge in [0.1, 0.15) is 11.6 Å². The Morgan fingerprint density at radius 2 is 1.85 bits per heavy atom. The van der Waals surface area contributed by atoms with Crippen molar-refractivity contribution in [3.63, 3.8) is 0 Å². The Morgan fingerprint density at radius 1 is 1.02 bits per heavy atom. The van der Waals surface area contributed by atoms with E-state index in [1.54, 1.807) is 6.07 Å². The van der Waals surface area contributed by atoms with Crippen molar-refractivity contribution in [1.82, 2.24) is 19.7 Å². The van der Waals surface area contributed by atoms with Crippen LogP contribution in [0.1, 0.15) is 47.3 Å². The fourth-order valence-electron chi connectivity index (χ4n) is 4.39. The summed E-state index contributed by atoms with van der Waals surface area (Å²) in [6, 6.07) is 7.04. The van der Waals surface area contributed by atoms with Gasteiger partial charge >= 0.3 is 6.18 Å². The predicted molar refractivity (Wildman–Crippen MR) is 136 cm³/mol. The first-order valence-electron chi connectivity index (χ1n) is 12.1. The zero-order valence-electron chi connectivity index (χ0n) is 20.7. The van der Waals surface area contributed by atoms with Gasteiger partial charge in [0.15, 0.2) is 28.9 Å².